The standard InChI is InChI=1S/H3O6PS.Pd/c1-7(2,3)8(4,5)6;/h(H2,1,2,3)(H,4,5,6);. The Bertz CT molecular complexity index is 207. The van der Waals surface area contributed by atoms with E-state index < -0.39 is 16.5 Å². The van der Waals surface area contributed by atoms with Gasteiger partial charge >= 0.3 is 16.5 Å². The van der Waals surface area contributed by atoms with E-state index in [0.29, 0.717) is 0 Å². The second kappa shape index (κ2) is 3.21. The fraction of sp³-hybridized carbons (Fsp3) is 0. The van der Waals surface area contributed by atoms with Crippen LogP contribution in [0.1, 0.15) is 0 Å². The summed E-state index contributed by atoms with van der Waals surface area (Å²) in [5, 5.41) is 0. The van der Waals surface area contributed by atoms with E-state index in [4.69, 9.17) is 14.3 Å². The van der Waals surface area contributed by atoms with Gasteiger partial charge in [-0.25, -0.2) is 4.57 Å². The van der Waals surface area contributed by atoms with E-state index in [9.17, 15) is 13.0 Å². The number of hydrogen-bond donors (Lipinski definition) is 3. The first-order chi connectivity index (χ1) is 3.25. The Balaban J connectivity index is 0. The molecule has 0 heterocycles. The van der Waals surface area contributed by atoms with Crippen LogP contribution in [0, 0.1) is 0 Å². The third-order valence-corrected chi connectivity index (χ3v) is 2.70. The average molecular weight is 268 g/mol. The van der Waals surface area contributed by atoms with Gasteiger partial charge in [0.25, 0.3) is 0 Å². The van der Waals surface area contributed by atoms with Crippen molar-refractivity contribution in [1.29, 1.82) is 0 Å². The average Bonchev–Trinajstić information content (AvgIpc) is 1.25. The summed E-state index contributed by atoms with van der Waals surface area (Å²) in [5.41, 5.74) is 0. The minimum absolute atomic E-state index is 0. The molecule has 3 N–H and O–H groups in total. The molecule has 0 aliphatic rings. The summed E-state index contributed by atoms with van der Waals surface area (Å²) in [5.74, 6) is 0. The van der Waals surface area contributed by atoms with Gasteiger partial charge in [-0.05, 0) is 0 Å². The third kappa shape index (κ3) is 4.17. The molecule has 0 aromatic rings. The Morgan fingerprint density at radius 1 is 1.22 bits per heavy atom. The first-order valence-corrected chi connectivity index (χ1v) is 4.94. The smallest absolute Gasteiger partial charge is 0.312 e. The minimum Gasteiger partial charge on any atom is -0.312 e. The largest absolute Gasteiger partial charge is 0.466 e. The molecule has 0 fully saturated rings. The molecule has 0 aliphatic heterocycles. The molecule has 0 saturated heterocycles. The zero-order valence-corrected chi connectivity index (χ0v) is 7.00. The van der Waals surface area contributed by atoms with E-state index in [1.54, 1.807) is 0 Å². The quantitative estimate of drug-likeness (QED) is 0.318. The minimum atomic E-state index is -5.32. The maximum Gasteiger partial charge on any atom is 0.466 e. The molecule has 0 bridgehead atoms. The molecule has 0 amide bonds. The topological polar surface area (TPSA) is 112 Å². The van der Waals surface area contributed by atoms with Gasteiger partial charge in [-0.3, -0.25) is 4.55 Å². The molecule has 0 aliphatic carbocycles. The Morgan fingerprint density at radius 3 is 1.33 bits per heavy atom. The second-order valence-corrected chi connectivity index (χ2v) is 5.63. The normalized spacial score (nSPS) is 12.3. The van der Waals surface area contributed by atoms with Gasteiger partial charge in [0, 0.05) is 20.4 Å². The van der Waals surface area contributed by atoms with Crippen molar-refractivity contribution in [2.75, 3.05) is 0 Å². The van der Waals surface area contributed by atoms with Crippen LogP contribution in [0.15, 0.2) is 0 Å². The maximum absolute atomic E-state index is 9.51. The van der Waals surface area contributed by atoms with Gasteiger partial charge in [0.05, 0.1) is 0 Å². The molecule has 0 aromatic carbocycles. The van der Waals surface area contributed by atoms with Gasteiger partial charge in [-0.2, -0.15) is 8.42 Å². The van der Waals surface area contributed by atoms with E-state index in [-0.39, 0.29) is 20.4 Å². The van der Waals surface area contributed by atoms with Crippen molar-refractivity contribution in [2.45, 2.75) is 0 Å². The fourth-order valence-electron chi connectivity index (χ4n) is 0. The van der Waals surface area contributed by atoms with E-state index in [1.807, 2.05) is 0 Å². The van der Waals surface area contributed by atoms with Crippen LogP contribution in [0.3, 0.4) is 0 Å². The predicted molar refractivity (Wildman–Crippen MR) is 23.6 cm³/mol. The Morgan fingerprint density at radius 2 is 1.33 bits per heavy atom. The molecule has 0 spiro atoms. The Hall–Kier alpha value is 0.722. The van der Waals surface area contributed by atoms with Crippen LogP contribution in [0.4, 0.5) is 0 Å². The molecule has 0 radical (unpaired) electrons. The number of rotatable bonds is 1. The van der Waals surface area contributed by atoms with E-state index in [0.717, 1.165) is 0 Å². The van der Waals surface area contributed by atoms with Crippen molar-refractivity contribution < 1.29 is 47.7 Å². The molecular weight excluding hydrogens is 265 g/mol. The molecule has 0 atom stereocenters. The molecule has 6 nitrogen and oxygen atoms in total. The van der Waals surface area contributed by atoms with Crippen molar-refractivity contribution in [1.82, 2.24) is 0 Å². The molecule has 0 rings (SSSR count). The summed E-state index contributed by atoms with van der Waals surface area (Å²) in [4.78, 5) is 15.3. The van der Waals surface area contributed by atoms with Crippen LogP contribution >= 0.6 is 6.80 Å². The first kappa shape index (κ1) is 12.4. The second-order valence-electron chi connectivity index (χ2n) is 0.938. The van der Waals surface area contributed by atoms with Crippen LogP contribution < -0.4 is 0 Å². The van der Waals surface area contributed by atoms with Crippen molar-refractivity contribution in [3.05, 3.63) is 0 Å². The molecule has 9 heavy (non-hydrogen) atoms. The molecule has 60 valence electrons. The third-order valence-electron chi connectivity index (χ3n) is 0.301. The van der Waals surface area contributed by atoms with Gasteiger partial charge in [-0.1, -0.05) is 0 Å². The van der Waals surface area contributed by atoms with Gasteiger partial charge in [0.15, 0.2) is 0 Å². The van der Waals surface area contributed by atoms with Crippen LogP contribution in [-0.2, 0) is 34.7 Å². The van der Waals surface area contributed by atoms with Gasteiger partial charge < -0.3 is 9.79 Å². The van der Waals surface area contributed by atoms with Gasteiger partial charge in [0.1, 0.15) is 0 Å². The van der Waals surface area contributed by atoms with E-state index >= 15 is 0 Å². The summed E-state index contributed by atoms with van der Waals surface area (Å²) in [7, 11) is -5.17. The van der Waals surface area contributed by atoms with Crippen LogP contribution in [0.25, 0.3) is 0 Å². The van der Waals surface area contributed by atoms with E-state index in [2.05, 4.69) is 0 Å². The SMILES string of the molecule is O=P(O)(O)S(=O)(=O)O.[Pd]. The molecular formula is H3O6PPdS. The van der Waals surface area contributed by atoms with Gasteiger partial charge in [0.2, 0.25) is 0 Å². The van der Waals surface area contributed by atoms with E-state index in [1.165, 1.54) is 0 Å². The van der Waals surface area contributed by atoms with Crippen molar-refractivity contribution in [3.63, 3.8) is 0 Å². The molecule has 0 aromatic heterocycles. The number of hydrogen-bond acceptors (Lipinski definition) is 3. The zero-order chi connectivity index (χ0) is 7.00. The van der Waals surface area contributed by atoms with Crippen LogP contribution in [0.2, 0.25) is 0 Å². The Kier molecular flexibility index (Phi) is 4.43. The van der Waals surface area contributed by atoms with Crippen LogP contribution in [0.5, 0.6) is 0 Å². The predicted octanol–water partition coefficient (Wildman–Crippen LogP) is -1.04. The summed E-state index contributed by atoms with van der Waals surface area (Å²) in [6.07, 6.45) is 0. The molecule has 9 heteroatoms. The first-order valence-electron chi connectivity index (χ1n) is 1.28. The molecule has 0 unspecified atom stereocenters. The van der Waals surface area contributed by atoms with Crippen LogP contribution in [-0.4, -0.2) is 22.8 Å². The maximum atomic E-state index is 9.51. The summed E-state index contributed by atoms with van der Waals surface area (Å²) in [6.45, 7) is -5.32. The summed E-state index contributed by atoms with van der Waals surface area (Å²) in [6, 6.07) is 0. The summed E-state index contributed by atoms with van der Waals surface area (Å²) >= 11 is 0. The summed E-state index contributed by atoms with van der Waals surface area (Å²) < 4.78 is 36.0. The molecule has 0 saturated carbocycles. The zero-order valence-electron chi connectivity index (χ0n) is 3.74. The Labute approximate surface area is 64.6 Å². The van der Waals surface area contributed by atoms with Crippen molar-refractivity contribution >= 4 is 16.5 Å². The fourth-order valence-corrected chi connectivity index (χ4v) is 0. The monoisotopic (exact) mass is 268 g/mol. The van der Waals surface area contributed by atoms with Crippen molar-refractivity contribution in [3.8, 4) is 0 Å². The van der Waals surface area contributed by atoms with Crippen molar-refractivity contribution in [2.24, 2.45) is 0 Å². The van der Waals surface area contributed by atoms with Gasteiger partial charge in [-0.15, -0.1) is 0 Å².